The fraction of sp³-hybridized carbons (Fsp3) is 0.295. The number of aromatic amines is 2. The van der Waals surface area contributed by atoms with Crippen LogP contribution in [0.1, 0.15) is 78.9 Å². The topological polar surface area (TPSA) is 189 Å². The molecule has 0 spiro atoms. The second-order valence-corrected chi connectivity index (χ2v) is 14.6. The second-order valence-electron chi connectivity index (χ2n) is 14.6. The number of carbonyl (C=O) groups excluding carboxylic acids is 4. The minimum Gasteiger partial charge on any atom is -0.469 e. The number of methoxy groups -OCH3 is 2. The Kier molecular flexibility index (Phi) is 11.3. The molecule has 0 saturated carbocycles. The summed E-state index contributed by atoms with van der Waals surface area (Å²) in [4.78, 5) is 76.5. The summed E-state index contributed by atoms with van der Waals surface area (Å²) in [6.45, 7) is 1.08. The van der Waals surface area contributed by atoms with Gasteiger partial charge in [-0.2, -0.15) is 0 Å². The van der Waals surface area contributed by atoms with E-state index in [0.29, 0.717) is 54.1 Å². The minimum absolute atomic E-state index is 0.0375. The molecule has 2 aliphatic heterocycles. The number of ether oxygens (including phenoxy) is 2. The molecule has 0 unspecified atom stereocenters. The largest absolute Gasteiger partial charge is 0.469 e. The number of benzene rings is 3. The summed E-state index contributed by atoms with van der Waals surface area (Å²) in [6, 6.07) is 24.7. The number of esters is 1. The first-order valence-corrected chi connectivity index (χ1v) is 19.6. The third-order valence-corrected chi connectivity index (χ3v) is 11.0. The average molecular weight is 797 g/mol. The molecule has 3 aromatic carbocycles. The maximum absolute atomic E-state index is 14.0. The zero-order valence-corrected chi connectivity index (χ0v) is 32.7. The van der Waals surface area contributed by atoms with Gasteiger partial charge in [0.2, 0.25) is 11.8 Å². The van der Waals surface area contributed by atoms with E-state index in [9.17, 15) is 19.2 Å². The monoisotopic (exact) mass is 796 g/mol. The molecule has 2 fully saturated rings. The normalized spacial score (nSPS) is 17.4. The van der Waals surface area contributed by atoms with Gasteiger partial charge in [-0.3, -0.25) is 14.4 Å². The summed E-state index contributed by atoms with van der Waals surface area (Å²) < 4.78 is 15.9. The second kappa shape index (κ2) is 17.2. The highest BCUT2D eigenvalue weighted by Gasteiger charge is 2.38. The summed E-state index contributed by atoms with van der Waals surface area (Å²) in [6.07, 6.45) is 7.39. The van der Waals surface area contributed by atoms with Crippen molar-refractivity contribution in [3.8, 4) is 34.2 Å². The molecule has 0 radical (unpaired) electrons. The van der Waals surface area contributed by atoms with E-state index in [1.807, 2.05) is 77.7 Å². The lowest BCUT2D eigenvalue weighted by molar-refractivity contribution is -0.145. The van der Waals surface area contributed by atoms with Crippen LogP contribution in [0.5, 0.6) is 0 Å². The van der Waals surface area contributed by atoms with Gasteiger partial charge in [-0.15, -0.1) is 0 Å². The Balaban J connectivity index is 0.940. The lowest BCUT2D eigenvalue weighted by Gasteiger charge is -2.28. The molecule has 0 aliphatic carbocycles. The quantitative estimate of drug-likeness (QED) is 0.110. The van der Waals surface area contributed by atoms with E-state index in [4.69, 9.17) is 18.9 Å². The zero-order valence-electron chi connectivity index (χ0n) is 32.7. The maximum atomic E-state index is 14.0. The molecule has 302 valence electrons. The Labute approximate surface area is 340 Å². The molecule has 3 N–H and O–H groups in total. The smallest absolute Gasteiger partial charge is 0.407 e. The molecule has 5 heterocycles. The minimum atomic E-state index is -0.915. The number of aromatic nitrogens is 5. The number of hydrogen-bond acceptors (Lipinski definition) is 10. The van der Waals surface area contributed by atoms with Crippen LogP contribution in [0.4, 0.5) is 4.79 Å². The molecular formula is C44H44N8O7. The van der Waals surface area contributed by atoms with E-state index >= 15 is 0 Å². The number of alkyl carbamates (subject to hydrolysis) is 1. The molecule has 15 nitrogen and oxygen atoms in total. The summed E-state index contributed by atoms with van der Waals surface area (Å²) in [5.74, 6) is 0.738. The highest BCUT2D eigenvalue weighted by Crippen LogP contribution is 2.37. The van der Waals surface area contributed by atoms with E-state index in [1.54, 1.807) is 35.6 Å². The third kappa shape index (κ3) is 8.22. The Morgan fingerprint density at radius 1 is 0.712 bits per heavy atom. The van der Waals surface area contributed by atoms with E-state index in [0.717, 1.165) is 41.6 Å². The van der Waals surface area contributed by atoms with Gasteiger partial charge in [0.15, 0.2) is 5.76 Å². The van der Waals surface area contributed by atoms with Gasteiger partial charge in [-0.25, -0.2) is 19.7 Å². The van der Waals surface area contributed by atoms with Crippen molar-refractivity contribution in [2.24, 2.45) is 0 Å². The first-order valence-electron chi connectivity index (χ1n) is 19.6. The molecule has 4 atom stereocenters. The van der Waals surface area contributed by atoms with E-state index < -0.39 is 24.0 Å². The molecule has 3 amide bonds. The van der Waals surface area contributed by atoms with Gasteiger partial charge in [-0.1, -0.05) is 84.9 Å². The van der Waals surface area contributed by atoms with Crippen LogP contribution >= 0.6 is 0 Å². The predicted molar refractivity (Wildman–Crippen MR) is 215 cm³/mol. The van der Waals surface area contributed by atoms with Gasteiger partial charge in [0.25, 0.3) is 5.91 Å². The number of oxazole rings is 1. The molecule has 8 rings (SSSR count). The first kappa shape index (κ1) is 38.8. The van der Waals surface area contributed by atoms with Gasteiger partial charge in [0.1, 0.15) is 23.4 Å². The number of nitrogens with zero attached hydrogens (tertiary/aromatic N) is 5. The molecular weight excluding hydrogens is 753 g/mol. The Hall–Kier alpha value is -7.03. The number of imidazole rings is 2. The van der Waals surface area contributed by atoms with Crippen molar-refractivity contribution >= 4 is 23.9 Å². The van der Waals surface area contributed by atoms with Crippen LogP contribution in [0.15, 0.2) is 108 Å². The summed E-state index contributed by atoms with van der Waals surface area (Å²) in [5.41, 5.74) is 4.52. The highest BCUT2D eigenvalue weighted by atomic mass is 16.5. The lowest BCUT2D eigenvalue weighted by Crippen LogP contribution is -2.42. The van der Waals surface area contributed by atoms with Crippen molar-refractivity contribution < 1.29 is 33.1 Å². The van der Waals surface area contributed by atoms with Crippen molar-refractivity contribution in [1.29, 1.82) is 0 Å². The lowest BCUT2D eigenvalue weighted by atomic mass is 9.94. The fourth-order valence-corrected chi connectivity index (χ4v) is 8.00. The number of rotatable bonds is 12. The first-order chi connectivity index (χ1) is 28.8. The van der Waals surface area contributed by atoms with Crippen LogP contribution in [-0.4, -0.2) is 85.9 Å². The van der Waals surface area contributed by atoms with Gasteiger partial charge < -0.3 is 39.0 Å². The van der Waals surface area contributed by atoms with Crippen molar-refractivity contribution in [3.05, 3.63) is 126 Å². The fourth-order valence-electron chi connectivity index (χ4n) is 8.00. The average Bonchev–Trinajstić information content (AvgIpc) is 4.13. The van der Waals surface area contributed by atoms with Gasteiger partial charge in [-0.05, 0) is 42.4 Å². The van der Waals surface area contributed by atoms with Crippen LogP contribution in [0.2, 0.25) is 0 Å². The standard InChI is InChI=1S/C44H44N8O7/c1-57-37(53)23-31(27-11-5-3-6-12-27)42(54)51-21-9-15-34(51)39-45-24-32(48-39)28-17-19-29(20-18-28)36-26-47-41(59-36)33-25-46-40(49-33)35-16-10-22-52(35)43(55)38(50-44(56)58-2)30-13-7-4-8-14-30/h3-8,11-14,17-20,24-26,31,34-35,38H,9-10,15-16,21-23H2,1-2H3,(H,45,48)(H,46,49)(H,50,56)/t31-,34+,35+,38-/m1/s1. The molecule has 6 aromatic rings. The van der Waals surface area contributed by atoms with Crippen LogP contribution in [0.25, 0.3) is 34.2 Å². The Morgan fingerprint density at radius 2 is 1.29 bits per heavy atom. The summed E-state index contributed by atoms with van der Waals surface area (Å²) in [7, 11) is 2.60. The molecule has 2 aliphatic rings. The SMILES string of the molecule is COC(=O)C[C@@H](C(=O)N1CCC[C@H]1c1ncc(-c2ccc(-c3cnc(-c4cnc([C@@H]5CCCN5C(=O)[C@H](NC(=O)OC)c5ccccc5)[nH]4)o3)cc2)[nH]1)c1ccccc1. The van der Waals surface area contributed by atoms with Crippen molar-refractivity contribution in [3.63, 3.8) is 0 Å². The Morgan fingerprint density at radius 3 is 1.92 bits per heavy atom. The number of likely N-dealkylation sites (tertiary alicyclic amines) is 2. The molecule has 2 saturated heterocycles. The van der Waals surface area contributed by atoms with Crippen molar-refractivity contribution in [2.75, 3.05) is 27.3 Å². The molecule has 59 heavy (non-hydrogen) atoms. The van der Waals surface area contributed by atoms with Crippen LogP contribution < -0.4 is 5.32 Å². The van der Waals surface area contributed by atoms with Crippen LogP contribution in [0.3, 0.4) is 0 Å². The van der Waals surface area contributed by atoms with E-state index in [1.165, 1.54) is 14.2 Å². The zero-order chi connectivity index (χ0) is 40.9. The highest BCUT2D eigenvalue weighted by molar-refractivity contribution is 5.89. The maximum Gasteiger partial charge on any atom is 0.407 e. The van der Waals surface area contributed by atoms with E-state index in [2.05, 4.69) is 25.3 Å². The van der Waals surface area contributed by atoms with Gasteiger partial charge in [0.05, 0.1) is 62.9 Å². The molecule has 15 heteroatoms. The number of hydrogen-bond donors (Lipinski definition) is 3. The molecule has 3 aromatic heterocycles. The third-order valence-electron chi connectivity index (χ3n) is 11.0. The Bertz CT molecular complexity index is 2410. The number of amides is 3. The summed E-state index contributed by atoms with van der Waals surface area (Å²) >= 11 is 0. The predicted octanol–water partition coefficient (Wildman–Crippen LogP) is 6.89. The summed E-state index contributed by atoms with van der Waals surface area (Å²) in [5, 5.41) is 2.69. The van der Waals surface area contributed by atoms with Crippen LogP contribution in [0, 0.1) is 0 Å². The van der Waals surface area contributed by atoms with Gasteiger partial charge in [0, 0.05) is 18.7 Å². The van der Waals surface area contributed by atoms with Crippen molar-refractivity contribution in [2.45, 2.75) is 56.1 Å². The van der Waals surface area contributed by atoms with Crippen LogP contribution in [-0.2, 0) is 23.9 Å². The van der Waals surface area contributed by atoms with E-state index in [-0.39, 0.29) is 30.3 Å². The number of carbonyl (C=O) groups is 4. The number of nitrogens with one attached hydrogen (secondary N) is 3. The van der Waals surface area contributed by atoms with Gasteiger partial charge >= 0.3 is 12.1 Å². The molecule has 0 bridgehead atoms. The van der Waals surface area contributed by atoms with Crippen molar-refractivity contribution in [1.82, 2.24) is 40.0 Å². The number of H-pyrrole nitrogens is 2.